The smallest absolute Gasteiger partial charge is 0.145 e. The van der Waals surface area contributed by atoms with Crippen molar-refractivity contribution in [2.75, 3.05) is 7.05 Å². The van der Waals surface area contributed by atoms with Crippen molar-refractivity contribution >= 4 is 11.6 Å². The van der Waals surface area contributed by atoms with E-state index in [1.807, 2.05) is 19.2 Å². The molecule has 0 saturated carbocycles. The van der Waals surface area contributed by atoms with Crippen molar-refractivity contribution in [2.45, 2.75) is 51.0 Å². The standard InChI is InChI=1S/C17H23ClFN/c1-20-16(13-8-5-3-2-4-6-9-13)12-14-10-7-11-15(18)17(14)19/h7-8,10-11,16,20H,2-6,9,12H2,1H3/b13-8+. The minimum absolute atomic E-state index is 0.209. The monoisotopic (exact) mass is 295 g/mol. The van der Waals surface area contributed by atoms with E-state index in [2.05, 4.69) is 11.4 Å². The minimum Gasteiger partial charge on any atom is -0.313 e. The van der Waals surface area contributed by atoms with Gasteiger partial charge in [-0.2, -0.15) is 0 Å². The van der Waals surface area contributed by atoms with Crippen LogP contribution >= 0.6 is 11.6 Å². The number of hydrogen-bond donors (Lipinski definition) is 1. The Bertz CT molecular complexity index is 470. The van der Waals surface area contributed by atoms with Gasteiger partial charge in [-0.3, -0.25) is 0 Å². The highest BCUT2D eigenvalue weighted by atomic mass is 35.5. The van der Waals surface area contributed by atoms with E-state index in [0.29, 0.717) is 12.0 Å². The maximum Gasteiger partial charge on any atom is 0.145 e. The zero-order valence-electron chi connectivity index (χ0n) is 12.1. The van der Waals surface area contributed by atoms with Gasteiger partial charge in [-0.25, -0.2) is 4.39 Å². The lowest BCUT2D eigenvalue weighted by atomic mass is 9.91. The summed E-state index contributed by atoms with van der Waals surface area (Å²) in [5, 5.41) is 3.55. The lowest BCUT2D eigenvalue weighted by molar-refractivity contribution is 0.541. The molecule has 0 radical (unpaired) electrons. The van der Waals surface area contributed by atoms with Crippen molar-refractivity contribution in [2.24, 2.45) is 0 Å². The van der Waals surface area contributed by atoms with E-state index in [0.717, 1.165) is 12.8 Å². The van der Waals surface area contributed by atoms with Gasteiger partial charge in [-0.1, -0.05) is 48.2 Å². The summed E-state index contributed by atoms with van der Waals surface area (Å²) in [6.45, 7) is 0. The maximum atomic E-state index is 14.0. The molecule has 110 valence electrons. The van der Waals surface area contributed by atoms with Crippen molar-refractivity contribution in [3.63, 3.8) is 0 Å². The molecular formula is C17H23ClFN. The van der Waals surface area contributed by atoms with E-state index in [1.54, 1.807) is 6.07 Å². The summed E-state index contributed by atoms with van der Waals surface area (Å²) in [4.78, 5) is 0. The first kappa shape index (κ1) is 15.5. The fraction of sp³-hybridized carbons (Fsp3) is 0.529. The molecule has 0 amide bonds. The quantitative estimate of drug-likeness (QED) is 0.780. The van der Waals surface area contributed by atoms with Crippen LogP contribution < -0.4 is 5.32 Å². The van der Waals surface area contributed by atoms with Gasteiger partial charge in [0.15, 0.2) is 0 Å². The van der Waals surface area contributed by atoms with Crippen LogP contribution in [0.2, 0.25) is 5.02 Å². The zero-order valence-corrected chi connectivity index (χ0v) is 12.8. The molecule has 0 bridgehead atoms. The summed E-state index contributed by atoms with van der Waals surface area (Å²) in [6, 6.07) is 5.46. The average molecular weight is 296 g/mol. The molecule has 0 aliphatic heterocycles. The van der Waals surface area contributed by atoms with Crippen LogP contribution in [0.1, 0.15) is 44.1 Å². The molecule has 0 fully saturated rings. The van der Waals surface area contributed by atoms with Crippen LogP contribution in [0.4, 0.5) is 4.39 Å². The topological polar surface area (TPSA) is 12.0 Å². The number of rotatable bonds is 4. The summed E-state index contributed by atoms with van der Waals surface area (Å²) in [6.07, 6.45) is 10.4. The second kappa shape index (κ2) is 7.80. The average Bonchev–Trinajstić information content (AvgIpc) is 2.41. The van der Waals surface area contributed by atoms with E-state index in [9.17, 15) is 4.39 Å². The molecule has 20 heavy (non-hydrogen) atoms. The van der Waals surface area contributed by atoms with E-state index >= 15 is 0 Å². The molecule has 0 spiro atoms. The molecule has 0 heterocycles. The highest BCUT2D eigenvalue weighted by Gasteiger charge is 2.16. The molecule has 2 rings (SSSR count). The molecule has 1 nitrogen and oxygen atoms in total. The Morgan fingerprint density at radius 3 is 2.85 bits per heavy atom. The molecule has 1 aromatic carbocycles. The summed E-state index contributed by atoms with van der Waals surface area (Å²) >= 11 is 5.86. The lowest BCUT2D eigenvalue weighted by Gasteiger charge is -2.22. The predicted octanol–water partition coefficient (Wildman–Crippen LogP) is 4.89. The second-order valence-corrected chi connectivity index (χ2v) is 5.90. The van der Waals surface area contributed by atoms with Crippen LogP contribution in [0.5, 0.6) is 0 Å². The van der Waals surface area contributed by atoms with Gasteiger partial charge >= 0.3 is 0 Å². The zero-order chi connectivity index (χ0) is 14.4. The minimum atomic E-state index is -0.277. The van der Waals surface area contributed by atoms with Gasteiger partial charge in [0.1, 0.15) is 5.82 Å². The van der Waals surface area contributed by atoms with Crippen LogP contribution in [-0.2, 0) is 6.42 Å². The Balaban J connectivity index is 2.13. The first-order valence-electron chi connectivity index (χ1n) is 7.51. The van der Waals surface area contributed by atoms with E-state index in [1.165, 1.54) is 31.3 Å². The maximum absolute atomic E-state index is 14.0. The molecule has 1 atom stereocenters. The van der Waals surface area contributed by atoms with Gasteiger partial charge in [-0.15, -0.1) is 0 Å². The third-order valence-electron chi connectivity index (χ3n) is 4.08. The Morgan fingerprint density at radius 1 is 1.25 bits per heavy atom. The second-order valence-electron chi connectivity index (χ2n) is 5.49. The Morgan fingerprint density at radius 2 is 2.05 bits per heavy atom. The number of nitrogens with one attached hydrogen (secondary N) is 1. The summed E-state index contributed by atoms with van der Waals surface area (Å²) in [7, 11) is 1.95. The van der Waals surface area contributed by atoms with E-state index < -0.39 is 0 Å². The van der Waals surface area contributed by atoms with E-state index in [4.69, 9.17) is 11.6 Å². The fourth-order valence-electron chi connectivity index (χ4n) is 2.88. The Labute approximate surface area is 126 Å². The summed E-state index contributed by atoms with van der Waals surface area (Å²) < 4.78 is 14.0. The highest BCUT2D eigenvalue weighted by molar-refractivity contribution is 6.30. The molecular weight excluding hydrogens is 273 g/mol. The fourth-order valence-corrected chi connectivity index (χ4v) is 3.07. The van der Waals surface area contributed by atoms with E-state index in [-0.39, 0.29) is 16.9 Å². The van der Waals surface area contributed by atoms with Gasteiger partial charge in [0.25, 0.3) is 0 Å². The first-order valence-corrected chi connectivity index (χ1v) is 7.89. The highest BCUT2D eigenvalue weighted by Crippen LogP contribution is 2.24. The molecule has 1 aromatic rings. The molecule has 0 aromatic heterocycles. The normalized spacial score (nSPS) is 20.6. The van der Waals surface area contributed by atoms with Crippen LogP contribution in [0.3, 0.4) is 0 Å². The van der Waals surface area contributed by atoms with Gasteiger partial charge in [0.2, 0.25) is 0 Å². The summed E-state index contributed by atoms with van der Waals surface area (Å²) in [5.41, 5.74) is 2.12. The third kappa shape index (κ3) is 4.07. The van der Waals surface area contributed by atoms with Gasteiger partial charge in [0.05, 0.1) is 5.02 Å². The molecule has 3 heteroatoms. The number of halogens is 2. The van der Waals surface area contributed by atoms with Crippen LogP contribution in [0.15, 0.2) is 29.8 Å². The lowest BCUT2D eigenvalue weighted by Crippen LogP contribution is -2.30. The molecule has 1 aliphatic rings. The summed E-state index contributed by atoms with van der Waals surface area (Å²) in [5.74, 6) is -0.277. The van der Waals surface area contributed by atoms with Gasteiger partial charge in [0, 0.05) is 6.04 Å². The van der Waals surface area contributed by atoms with Crippen molar-refractivity contribution in [3.05, 3.63) is 46.3 Å². The molecule has 0 saturated heterocycles. The number of benzene rings is 1. The van der Waals surface area contributed by atoms with Crippen molar-refractivity contribution in [1.82, 2.24) is 5.32 Å². The first-order chi connectivity index (χ1) is 9.72. The molecule has 1 aliphatic carbocycles. The SMILES string of the molecule is CNC(Cc1cccc(Cl)c1F)/C1=C/CCCCCC1. The number of hydrogen-bond acceptors (Lipinski definition) is 1. The predicted molar refractivity (Wildman–Crippen MR) is 83.7 cm³/mol. The largest absolute Gasteiger partial charge is 0.313 e. The number of allylic oxidation sites excluding steroid dienone is 1. The van der Waals surface area contributed by atoms with Crippen molar-refractivity contribution in [1.29, 1.82) is 0 Å². The third-order valence-corrected chi connectivity index (χ3v) is 4.37. The van der Waals surface area contributed by atoms with Gasteiger partial charge < -0.3 is 5.32 Å². The molecule has 1 N–H and O–H groups in total. The van der Waals surface area contributed by atoms with Crippen LogP contribution in [0, 0.1) is 5.82 Å². The van der Waals surface area contributed by atoms with Crippen molar-refractivity contribution < 1.29 is 4.39 Å². The number of likely N-dealkylation sites (N-methyl/N-ethyl adjacent to an activating group) is 1. The van der Waals surface area contributed by atoms with Crippen LogP contribution in [-0.4, -0.2) is 13.1 Å². The van der Waals surface area contributed by atoms with Gasteiger partial charge in [-0.05, 0) is 50.8 Å². The van der Waals surface area contributed by atoms with Crippen LogP contribution in [0.25, 0.3) is 0 Å². The Kier molecular flexibility index (Phi) is 6.06. The van der Waals surface area contributed by atoms with Crippen molar-refractivity contribution in [3.8, 4) is 0 Å². The Hall–Kier alpha value is -0.860. The molecule has 1 unspecified atom stereocenters.